The predicted octanol–water partition coefficient (Wildman–Crippen LogP) is 4.15. The maximum absolute atomic E-state index is 13.0. The molecule has 1 aromatic carbocycles. The number of aryl methyl sites for hydroxylation is 1. The van der Waals surface area contributed by atoms with Crippen molar-refractivity contribution in [1.29, 1.82) is 0 Å². The van der Waals surface area contributed by atoms with Gasteiger partial charge in [-0.2, -0.15) is 0 Å². The number of hydrogen-bond donors (Lipinski definition) is 0. The Hall–Kier alpha value is -2.49. The van der Waals surface area contributed by atoms with Gasteiger partial charge in [0.05, 0.1) is 6.04 Å². The van der Waals surface area contributed by atoms with Crippen molar-refractivity contribution in [2.75, 3.05) is 6.54 Å². The number of fused-ring (bicyclic) bond motifs is 2. The second-order valence-electron chi connectivity index (χ2n) is 6.20. The van der Waals surface area contributed by atoms with Gasteiger partial charge in [0.15, 0.2) is 5.76 Å². The first-order chi connectivity index (χ1) is 11.2. The van der Waals surface area contributed by atoms with Crippen LogP contribution in [0.5, 0.6) is 0 Å². The minimum atomic E-state index is -0.0156. The Morgan fingerprint density at radius 3 is 2.96 bits per heavy atom. The molecule has 4 nitrogen and oxygen atoms in total. The Morgan fingerprint density at radius 1 is 1.26 bits per heavy atom. The van der Waals surface area contributed by atoms with E-state index < -0.39 is 0 Å². The fraction of sp³-hybridized carbons (Fsp3) is 0.316. The summed E-state index contributed by atoms with van der Waals surface area (Å²) in [7, 11) is 0. The zero-order valence-corrected chi connectivity index (χ0v) is 13.5. The molecule has 4 rings (SSSR count). The van der Waals surface area contributed by atoms with Gasteiger partial charge in [-0.05, 0) is 43.7 Å². The van der Waals surface area contributed by atoms with Crippen molar-refractivity contribution in [2.24, 2.45) is 0 Å². The molecule has 0 saturated carbocycles. The molecule has 118 valence electrons. The van der Waals surface area contributed by atoms with Crippen molar-refractivity contribution in [3.05, 3.63) is 59.6 Å². The van der Waals surface area contributed by atoms with Crippen LogP contribution in [0.3, 0.4) is 0 Å². The maximum Gasteiger partial charge on any atom is 0.290 e. The average molecular weight is 308 g/mol. The van der Waals surface area contributed by atoms with Gasteiger partial charge in [0, 0.05) is 30.4 Å². The molecule has 0 spiro atoms. The van der Waals surface area contributed by atoms with E-state index in [1.165, 1.54) is 11.3 Å². The van der Waals surface area contributed by atoms with E-state index in [1.807, 2.05) is 36.1 Å². The van der Waals surface area contributed by atoms with Crippen LogP contribution in [-0.4, -0.2) is 21.9 Å². The van der Waals surface area contributed by atoms with Gasteiger partial charge in [-0.1, -0.05) is 18.6 Å². The maximum atomic E-state index is 13.0. The quantitative estimate of drug-likeness (QED) is 0.713. The fourth-order valence-corrected chi connectivity index (χ4v) is 3.55. The van der Waals surface area contributed by atoms with Crippen LogP contribution >= 0.6 is 0 Å². The lowest BCUT2D eigenvalue weighted by molar-refractivity contribution is 0.0587. The highest BCUT2D eigenvalue weighted by molar-refractivity contribution is 5.96. The van der Waals surface area contributed by atoms with Gasteiger partial charge in [-0.15, -0.1) is 0 Å². The summed E-state index contributed by atoms with van der Waals surface area (Å²) >= 11 is 0. The van der Waals surface area contributed by atoms with E-state index >= 15 is 0 Å². The van der Waals surface area contributed by atoms with Gasteiger partial charge in [0.2, 0.25) is 0 Å². The second kappa shape index (κ2) is 5.30. The molecule has 1 aliphatic rings. The summed E-state index contributed by atoms with van der Waals surface area (Å²) in [5.41, 5.74) is 3.14. The molecule has 4 heteroatoms. The number of aromatic nitrogens is 1. The summed E-state index contributed by atoms with van der Waals surface area (Å²) in [5, 5.41) is 0.988. The lowest BCUT2D eigenvalue weighted by Gasteiger charge is -2.36. The topological polar surface area (TPSA) is 38.4 Å². The van der Waals surface area contributed by atoms with E-state index in [-0.39, 0.29) is 11.9 Å². The van der Waals surface area contributed by atoms with Crippen molar-refractivity contribution in [1.82, 2.24) is 9.47 Å². The van der Waals surface area contributed by atoms with E-state index in [9.17, 15) is 4.79 Å². The van der Waals surface area contributed by atoms with Crippen molar-refractivity contribution in [2.45, 2.75) is 32.9 Å². The molecule has 0 radical (unpaired) electrons. The molecule has 1 amide bonds. The first kappa shape index (κ1) is 14.1. The lowest BCUT2D eigenvalue weighted by Crippen LogP contribution is -2.41. The average Bonchev–Trinajstić information content (AvgIpc) is 3.18. The fourth-order valence-electron chi connectivity index (χ4n) is 3.55. The van der Waals surface area contributed by atoms with Crippen molar-refractivity contribution in [3.63, 3.8) is 0 Å². The first-order valence-electron chi connectivity index (χ1n) is 8.13. The molecular weight excluding hydrogens is 288 g/mol. The van der Waals surface area contributed by atoms with E-state index in [0.29, 0.717) is 5.76 Å². The van der Waals surface area contributed by atoms with Crippen LogP contribution in [-0.2, 0) is 6.54 Å². The monoisotopic (exact) mass is 308 g/mol. The molecule has 3 heterocycles. The number of nitrogens with zero attached hydrogens (tertiary/aromatic N) is 2. The molecular formula is C19H20N2O2. The normalized spacial score (nSPS) is 17.5. The number of furan rings is 1. The third-order valence-corrected chi connectivity index (χ3v) is 4.69. The molecule has 23 heavy (non-hydrogen) atoms. The third-order valence-electron chi connectivity index (χ3n) is 4.69. The number of hydrogen-bond acceptors (Lipinski definition) is 2. The molecule has 0 unspecified atom stereocenters. The minimum absolute atomic E-state index is 0.0156. The highest BCUT2D eigenvalue weighted by Gasteiger charge is 2.31. The lowest BCUT2D eigenvalue weighted by atomic mass is 10.1. The summed E-state index contributed by atoms with van der Waals surface area (Å²) in [6.07, 6.45) is 2.98. The zero-order valence-electron chi connectivity index (χ0n) is 13.5. The van der Waals surface area contributed by atoms with Gasteiger partial charge in [-0.25, -0.2) is 0 Å². The molecule has 1 atom stereocenters. The van der Waals surface area contributed by atoms with Crippen molar-refractivity contribution < 1.29 is 9.21 Å². The summed E-state index contributed by atoms with van der Waals surface area (Å²) < 4.78 is 8.04. The molecule has 2 aromatic heterocycles. The van der Waals surface area contributed by atoms with Crippen LogP contribution in [0.4, 0.5) is 0 Å². The standard InChI is InChI=1S/C19H20N2O2/c1-3-15-16-5-4-8-20(16)9-10-21(15)19(22)18-12-14-11-13(2)6-7-17(14)23-18/h4-8,11-12,15H,3,9-10H2,1-2H3/t15-/m0/s1. The highest BCUT2D eigenvalue weighted by Crippen LogP contribution is 2.31. The number of amides is 1. The van der Waals surface area contributed by atoms with Gasteiger partial charge in [0.1, 0.15) is 5.58 Å². The van der Waals surface area contributed by atoms with E-state index in [1.54, 1.807) is 0 Å². The van der Waals surface area contributed by atoms with E-state index in [2.05, 4.69) is 29.8 Å². The minimum Gasteiger partial charge on any atom is -0.451 e. The number of carbonyl (C=O) groups is 1. The Balaban J connectivity index is 1.70. The first-order valence-corrected chi connectivity index (χ1v) is 8.13. The Morgan fingerprint density at radius 2 is 2.13 bits per heavy atom. The number of carbonyl (C=O) groups excluding carboxylic acids is 1. The second-order valence-corrected chi connectivity index (χ2v) is 6.20. The Bertz CT molecular complexity index is 875. The summed E-state index contributed by atoms with van der Waals surface area (Å²) in [5.74, 6) is 0.419. The van der Waals surface area contributed by atoms with Crippen LogP contribution in [0.2, 0.25) is 0 Å². The molecule has 0 saturated heterocycles. The molecule has 0 N–H and O–H groups in total. The van der Waals surface area contributed by atoms with Crippen LogP contribution in [0.25, 0.3) is 11.0 Å². The molecule has 3 aromatic rings. The smallest absolute Gasteiger partial charge is 0.290 e. The Kier molecular flexibility index (Phi) is 3.26. The van der Waals surface area contributed by atoms with Gasteiger partial charge in [0.25, 0.3) is 5.91 Å². The van der Waals surface area contributed by atoms with Gasteiger partial charge in [-0.3, -0.25) is 4.79 Å². The number of rotatable bonds is 2. The van der Waals surface area contributed by atoms with Gasteiger partial charge >= 0.3 is 0 Å². The SMILES string of the molecule is CC[C@H]1c2cccn2CCN1C(=O)c1cc2cc(C)ccc2o1. The van der Waals surface area contributed by atoms with Crippen molar-refractivity contribution >= 4 is 16.9 Å². The predicted molar refractivity (Wildman–Crippen MR) is 89.5 cm³/mol. The summed E-state index contributed by atoms with van der Waals surface area (Å²) in [6, 6.07) is 12.1. The zero-order chi connectivity index (χ0) is 16.0. The van der Waals surface area contributed by atoms with Crippen LogP contribution in [0.1, 0.15) is 41.2 Å². The van der Waals surface area contributed by atoms with E-state index in [0.717, 1.165) is 30.5 Å². The molecule has 0 fully saturated rings. The summed E-state index contributed by atoms with van der Waals surface area (Å²) in [6.45, 7) is 5.72. The van der Waals surface area contributed by atoms with Gasteiger partial charge < -0.3 is 13.9 Å². The van der Waals surface area contributed by atoms with E-state index in [4.69, 9.17) is 4.42 Å². The van der Waals surface area contributed by atoms with Crippen LogP contribution in [0.15, 0.2) is 47.0 Å². The van der Waals surface area contributed by atoms with Crippen LogP contribution < -0.4 is 0 Å². The number of benzene rings is 1. The largest absolute Gasteiger partial charge is 0.451 e. The third kappa shape index (κ3) is 2.25. The Labute approximate surface area is 135 Å². The molecule has 1 aliphatic heterocycles. The molecule has 0 aliphatic carbocycles. The van der Waals surface area contributed by atoms with Crippen molar-refractivity contribution in [3.8, 4) is 0 Å². The molecule has 0 bridgehead atoms. The highest BCUT2D eigenvalue weighted by atomic mass is 16.3. The summed E-state index contributed by atoms with van der Waals surface area (Å²) in [4.78, 5) is 14.9. The van der Waals surface area contributed by atoms with Crippen LogP contribution in [0, 0.1) is 6.92 Å².